The zero-order chi connectivity index (χ0) is 17.3. The van der Waals surface area contributed by atoms with Gasteiger partial charge in [0.2, 0.25) is 0 Å². The largest absolute Gasteiger partial charge is 0.432 e. The Kier molecular flexibility index (Phi) is 3.63. The lowest BCUT2D eigenvalue weighted by Gasteiger charge is -2.08. The second-order valence-corrected chi connectivity index (χ2v) is 4.58. The number of ether oxygens (including phenoxy) is 1. The average molecular weight is 326 g/mol. The van der Waals surface area contributed by atoms with Crippen LogP contribution in [0.1, 0.15) is 5.56 Å². The molecule has 0 saturated carbocycles. The van der Waals surface area contributed by atoms with Crippen molar-refractivity contribution in [1.29, 1.82) is 5.26 Å². The lowest BCUT2D eigenvalue weighted by atomic mass is 10.2. The molecule has 0 aliphatic rings. The topological polar surface area (TPSA) is 111 Å². The monoisotopic (exact) mass is 326 g/mol. The standard InChI is InChI=1S/C15H7FN4O4/c16-10-4-3-5-11(9(10)8-17)24-14-13(20(22)23)15(21)19-7-2-1-6-12(19)18-14/h1-7H. The summed E-state index contributed by atoms with van der Waals surface area (Å²) in [6.45, 7) is 0. The van der Waals surface area contributed by atoms with Crippen molar-refractivity contribution >= 4 is 11.3 Å². The van der Waals surface area contributed by atoms with Crippen LogP contribution < -0.4 is 10.3 Å². The maximum atomic E-state index is 13.6. The normalized spacial score (nSPS) is 10.3. The summed E-state index contributed by atoms with van der Waals surface area (Å²) in [5, 5.41) is 20.2. The fourth-order valence-corrected chi connectivity index (χ4v) is 2.09. The summed E-state index contributed by atoms with van der Waals surface area (Å²) in [6.07, 6.45) is 1.32. The minimum absolute atomic E-state index is 0.109. The number of pyridine rings is 1. The molecule has 0 bridgehead atoms. The highest BCUT2D eigenvalue weighted by Crippen LogP contribution is 2.30. The van der Waals surface area contributed by atoms with E-state index in [2.05, 4.69) is 4.98 Å². The maximum Gasteiger partial charge on any atom is 0.396 e. The Bertz CT molecular complexity index is 1070. The molecule has 0 atom stereocenters. The fourth-order valence-electron chi connectivity index (χ4n) is 2.09. The molecule has 1 aromatic carbocycles. The van der Waals surface area contributed by atoms with E-state index in [4.69, 9.17) is 10.00 Å². The fraction of sp³-hybridized carbons (Fsp3) is 0. The quantitative estimate of drug-likeness (QED) is 0.540. The SMILES string of the molecule is N#Cc1c(F)cccc1Oc1nc2ccccn2c(=O)c1[N+](=O)[O-]. The van der Waals surface area contributed by atoms with Gasteiger partial charge in [-0.3, -0.25) is 19.3 Å². The molecule has 0 spiro atoms. The molecular weight excluding hydrogens is 319 g/mol. The number of hydrogen-bond donors (Lipinski definition) is 0. The van der Waals surface area contributed by atoms with Gasteiger partial charge in [0.05, 0.1) is 4.92 Å². The van der Waals surface area contributed by atoms with Crippen LogP contribution in [-0.4, -0.2) is 14.3 Å². The lowest BCUT2D eigenvalue weighted by Crippen LogP contribution is -2.19. The molecule has 2 aromatic heterocycles. The van der Waals surface area contributed by atoms with Gasteiger partial charge < -0.3 is 4.74 Å². The first kappa shape index (κ1) is 15.1. The predicted molar refractivity (Wildman–Crippen MR) is 79.3 cm³/mol. The first-order chi connectivity index (χ1) is 11.5. The van der Waals surface area contributed by atoms with Gasteiger partial charge in [0.1, 0.15) is 23.1 Å². The van der Waals surface area contributed by atoms with Crippen molar-refractivity contribution in [2.45, 2.75) is 0 Å². The predicted octanol–water partition coefficient (Wildman–Crippen LogP) is 2.41. The first-order valence-corrected chi connectivity index (χ1v) is 6.55. The van der Waals surface area contributed by atoms with Gasteiger partial charge in [-0.1, -0.05) is 12.1 Å². The van der Waals surface area contributed by atoms with Crippen molar-refractivity contribution in [3.8, 4) is 17.7 Å². The van der Waals surface area contributed by atoms with Gasteiger partial charge in [-0.15, -0.1) is 0 Å². The number of benzene rings is 1. The highest BCUT2D eigenvalue weighted by molar-refractivity contribution is 5.52. The third-order valence-electron chi connectivity index (χ3n) is 3.15. The van der Waals surface area contributed by atoms with E-state index in [-0.39, 0.29) is 11.4 Å². The maximum absolute atomic E-state index is 13.6. The van der Waals surface area contributed by atoms with Crippen molar-refractivity contribution in [3.63, 3.8) is 0 Å². The van der Waals surface area contributed by atoms with Crippen LogP contribution in [-0.2, 0) is 0 Å². The van der Waals surface area contributed by atoms with Gasteiger partial charge in [-0.2, -0.15) is 10.2 Å². The van der Waals surface area contributed by atoms with Gasteiger partial charge in [0.25, 0.3) is 0 Å². The molecular formula is C15H7FN4O4. The molecule has 0 aliphatic heterocycles. The van der Waals surface area contributed by atoms with Gasteiger partial charge in [0, 0.05) is 6.20 Å². The van der Waals surface area contributed by atoms with Crippen LogP contribution in [0.3, 0.4) is 0 Å². The van der Waals surface area contributed by atoms with Crippen LogP contribution in [0.25, 0.3) is 5.65 Å². The van der Waals surface area contributed by atoms with E-state index < -0.39 is 33.4 Å². The van der Waals surface area contributed by atoms with E-state index in [9.17, 15) is 19.3 Å². The van der Waals surface area contributed by atoms with Gasteiger partial charge in [-0.05, 0) is 24.3 Å². The Hall–Kier alpha value is -3.80. The Morgan fingerprint density at radius 1 is 1.29 bits per heavy atom. The summed E-state index contributed by atoms with van der Waals surface area (Å²) >= 11 is 0. The number of hydrogen-bond acceptors (Lipinski definition) is 6. The van der Waals surface area contributed by atoms with Crippen molar-refractivity contribution < 1.29 is 14.1 Å². The number of aromatic nitrogens is 2. The van der Waals surface area contributed by atoms with Crippen LogP contribution >= 0.6 is 0 Å². The highest BCUT2D eigenvalue weighted by atomic mass is 19.1. The molecule has 0 amide bonds. The summed E-state index contributed by atoms with van der Waals surface area (Å²) in [4.78, 5) is 26.5. The minimum atomic E-state index is -0.949. The molecule has 0 saturated heterocycles. The molecule has 8 nitrogen and oxygen atoms in total. The van der Waals surface area contributed by atoms with Gasteiger partial charge in [0.15, 0.2) is 5.75 Å². The molecule has 3 aromatic rings. The molecule has 0 radical (unpaired) electrons. The molecule has 0 N–H and O–H groups in total. The Morgan fingerprint density at radius 2 is 2.08 bits per heavy atom. The molecule has 3 rings (SSSR count). The molecule has 0 unspecified atom stereocenters. The number of rotatable bonds is 3. The van der Waals surface area contributed by atoms with E-state index in [0.29, 0.717) is 0 Å². The third-order valence-corrected chi connectivity index (χ3v) is 3.15. The second kappa shape index (κ2) is 5.77. The number of nitriles is 1. The van der Waals surface area contributed by atoms with Crippen molar-refractivity contribution in [3.05, 3.63) is 74.4 Å². The highest BCUT2D eigenvalue weighted by Gasteiger charge is 2.26. The van der Waals surface area contributed by atoms with E-state index >= 15 is 0 Å². The van der Waals surface area contributed by atoms with E-state index in [1.165, 1.54) is 30.5 Å². The summed E-state index contributed by atoms with van der Waals surface area (Å²) in [5.41, 5.74) is -2.19. The van der Waals surface area contributed by atoms with Crippen molar-refractivity contribution in [1.82, 2.24) is 9.38 Å². The zero-order valence-electron chi connectivity index (χ0n) is 11.8. The summed E-state index contributed by atoms with van der Waals surface area (Å²) in [5.74, 6) is -1.73. The first-order valence-electron chi connectivity index (χ1n) is 6.55. The Balaban J connectivity index is 2.25. The van der Waals surface area contributed by atoms with E-state index in [0.717, 1.165) is 10.5 Å². The molecule has 0 fully saturated rings. The number of nitro groups is 1. The van der Waals surface area contributed by atoms with Crippen LogP contribution in [0.15, 0.2) is 47.4 Å². The average Bonchev–Trinajstić information content (AvgIpc) is 2.55. The molecule has 0 aliphatic carbocycles. The molecule has 9 heteroatoms. The van der Waals surface area contributed by atoms with Gasteiger partial charge >= 0.3 is 17.1 Å². The van der Waals surface area contributed by atoms with Crippen LogP contribution in [0, 0.1) is 27.3 Å². The smallest absolute Gasteiger partial charge is 0.396 e. The zero-order valence-corrected chi connectivity index (χ0v) is 11.8. The number of nitrogens with zero attached hydrogens (tertiary/aromatic N) is 4. The number of halogens is 1. The van der Waals surface area contributed by atoms with Crippen LogP contribution in [0.5, 0.6) is 11.6 Å². The minimum Gasteiger partial charge on any atom is -0.432 e. The summed E-state index contributed by atoms with van der Waals surface area (Å²) in [7, 11) is 0. The lowest BCUT2D eigenvalue weighted by molar-refractivity contribution is -0.387. The second-order valence-electron chi connectivity index (χ2n) is 4.58. The van der Waals surface area contributed by atoms with Crippen molar-refractivity contribution in [2.24, 2.45) is 0 Å². The Labute approximate surface area is 133 Å². The van der Waals surface area contributed by atoms with E-state index in [1.807, 2.05) is 0 Å². The van der Waals surface area contributed by atoms with Crippen LogP contribution in [0.4, 0.5) is 10.1 Å². The van der Waals surface area contributed by atoms with Crippen LogP contribution in [0.2, 0.25) is 0 Å². The third kappa shape index (κ3) is 2.42. The van der Waals surface area contributed by atoms with E-state index in [1.54, 1.807) is 12.1 Å². The molecule has 2 heterocycles. The number of fused-ring (bicyclic) bond motifs is 1. The summed E-state index contributed by atoms with van der Waals surface area (Å²) in [6, 6.07) is 9.72. The van der Waals surface area contributed by atoms with Gasteiger partial charge in [-0.25, -0.2) is 4.39 Å². The van der Waals surface area contributed by atoms with Crippen molar-refractivity contribution in [2.75, 3.05) is 0 Å². The molecule has 118 valence electrons. The Morgan fingerprint density at radius 3 is 2.79 bits per heavy atom. The summed E-state index contributed by atoms with van der Waals surface area (Å²) < 4.78 is 19.8. The molecule has 24 heavy (non-hydrogen) atoms.